The summed E-state index contributed by atoms with van der Waals surface area (Å²) >= 11 is 0. The van der Waals surface area contributed by atoms with Gasteiger partial charge in [-0.1, -0.05) is 0 Å². The molecule has 2 aliphatic rings. The van der Waals surface area contributed by atoms with Gasteiger partial charge in [0, 0.05) is 36.6 Å². The molecule has 4 aromatic rings. The average Bonchev–Trinajstić information content (AvgIpc) is 2.87. The van der Waals surface area contributed by atoms with Crippen molar-refractivity contribution >= 4 is 22.8 Å². The topological polar surface area (TPSA) is 106 Å². The maximum Gasteiger partial charge on any atom is 0.253 e. The summed E-state index contributed by atoms with van der Waals surface area (Å²) in [4.78, 5) is 36.3. The van der Waals surface area contributed by atoms with Gasteiger partial charge in [0.25, 0.3) is 5.91 Å². The molecule has 0 radical (unpaired) electrons. The van der Waals surface area contributed by atoms with E-state index in [-0.39, 0.29) is 25.3 Å². The Balaban J connectivity index is 1.22. The summed E-state index contributed by atoms with van der Waals surface area (Å²) < 4.78 is 35.2. The highest BCUT2D eigenvalue weighted by atomic mass is 19.1. The number of ether oxygens (including phenoxy) is 1. The summed E-state index contributed by atoms with van der Waals surface area (Å²) in [6.07, 6.45) is 7.05. The van der Waals surface area contributed by atoms with Crippen molar-refractivity contribution in [1.82, 2.24) is 30.2 Å². The quantitative estimate of drug-likeness (QED) is 0.441. The van der Waals surface area contributed by atoms with Gasteiger partial charge >= 0.3 is 0 Å². The van der Waals surface area contributed by atoms with E-state index in [1.165, 1.54) is 25.4 Å². The van der Waals surface area contributed by atoms with E-state index in [1.54, 1.807) is 24.5 Å². The minimum atomic E-state index is -1.71. The highest BCUT2D eigenvalue weighted by molar-refractivity contribution is 5.94. The number of hydrogen-bond acceptors (Lipinski definition) is 8. The van der Waals surface area contributed by atoms with E-state index in [2.05, 4.69) is 30.2 Å². The van der Waals surface area contributed by atoms with Gasteiger partial charge in [0.15, 0.2) is 17.3 Å². The van der Waals surface area contributed by atoms with Gasteiger partial charge in [0.05, 0.1) is 60.3 Å². The average molecular weight is 504 g/mol. The van der Waals surface area contributed by atoms with Crippen molar-refractivity contribution < 1.29 is 18.3 Å². The number of rotatable bonds is 5. The molecule has 1 N–H and O–H groups in total. The second kappa shape index (κ2) is 9.07. The zero-order valence-corrected chi connectivity index (χ0v) is 20.0. The Labute approximate surface area is 211 Å². The lowest BCUT2D eigenvalue weighted by molar-refractivity contribution is -0.00692. The SMILES string of the molecule is C[C@@]1(F)COCc2ncc(C(=O)NCc3cc4nc(-c5ccnc(N6CCC6)c5F)cnc4cn3)cc21. The van der Waals surface area contributed by atoms with Crippen LogP contribution < -0.4 is 10.2 Å². The van der Waals surface area contributed by atoms with Crippen molar-refractivity contribution in [1.29, 1.82) is 0 Å². The third-order valence-electron chi connectivity index (χ3n) is 6.62. The number of halogens is 2. The molecule has 6 heterocycles. The molecule has 0 saturated carbocycles. The minimum Gasteiger partial charge on any atom is -0.371 e. The molecular formula is C26H23F2N7O2. The van der Waals surface area contributed by atoms with Crippen LogP contribution in [0.2, 0.25) is 0 Å². The van der Waals surface area contributed by atoms with E-state index in [9.17, 15) is 9.18 Å². The number of fused-ring (bicyclic) bond motifs is 2. The lowest BCUT2D eigenvalue weighted by atomic mass is 9.94. The molecule has 0 aromatic carbocycles. The first kappa shape index (κ1) is 23.3. The Morgan fingerprint density at radius 3 is 2.81 bits per heavy atom. The summed E-state index contributed by atoms with van der Waals surface area (Å²) in [5.41, 5.74) is 1.69. The van der Waals surface area contributed by atoms with Crippen LogP contribution in [0.1, 0.15) is 40.7 Å². The molecule has 0 bridgehead atoms. The van der Waals surface area contributed by atoms with Crippen LogP contribution in [0.25, 0.3) is 22.3 Å². The van der Waals surface area contributed by atoms with Crippen LogP contribution in [0.15, 0.2) is 43.0 Å². The summed E-state index contributed by atoms with van der Waals surface area (Å²) in [6, 6.07) is 4.80. The van der Waals surface area contributed by atoms with Crippen molar-refractivity contribution in [3.05, 3.63) is 71.3 Å². The van der Waals surface area contributed by atoms with E-state index in [0.717, 1.165) is 19.5 Å². The van der Waals surface area contributed by atoms with Crippen LogP contribution in [-0.4, -0.2) is 50.5 Å². The molecule has 1 amide bonds. The van der Waals surface area contributed by atoms with Crippen molar-refractivity contribution in [2.24, 2.45) is 0 Å². The van der Waals surface area contributed by atoms with E-state index >= 15 is 4.39 Å². The van der Waals surface area contributed by atoms with E-state index in [4.69, 9.17) is 4.74 Å². The van der Waals surface area contributed by atoms with Crippen molar-refractivity contribution in [3.8, 4) is 11.3 Å². The molecule has 11 heteroatoms. The van der Waals surface area contributed by atoms with Gasteiger partial charge in [-0.3, -0.25) is 19.7 Å². The Morgan fingerprint density at radius 1 is 1.14 bits per heavy atom. The highest BCUT2D eigenvalue weighted by Crippen LogP contribution is 2.33. The van der Waals surface area contributed by atoms with Gasteiger partial charge in [-0.25, -0.2) is 18.7 Å². The standard InChI is InChI=1S/C26H23F2N7O2/c1-26(28)14-37-13-22-18(26)7-15(9-31-22)25(36)33-10-16-8-19-21(12-30-16)32-11-20(34-19)17-3-4-29-24(23(17)27)35-5-2-6-35/h3-4,7-9,11-12H,2,5-6,10,13-14H2,1H3,(H,33,36)/t26-/m1/s1. The minimum absolute atomic E-state index is 0.0836. The number of pyridine rings is 3. The number of carbonyl (C=O) groups excluding carboxylic acids is 1. The smallest absolute Gasteiger partial charge is 0.253 e. The molecule has 4 aromatic heterocycles. The Kier molecular flexibility index (Phi) is 5.71. The van der Waals surface area contributed by atoms with Crippen LogP contribution in [0.3, 0.4) is 0 Å². The van der Waals surface area contributed by atoms with Crippen LogP contribution in [0.5, 0.6) is 0 Å². The largest absolute Gasteiger partial charge is 0.371 e. The van der Waals surface area contributed by atoms with Crippen molar-refractivity contribution in [2.45, 2.75) is 32.2 Å². The molecule has 0 aliphatic carbocycles. The van der Waals surface area contributed by atoms with E-state index in [0.29, 0.717) is 45.1 Å². The van der Waals surface area contributed by atoms with Crippen molar-refractivity contribution in [2.75, 3.05) is 24.6 Å². The third-order valence-corrected chi connectivity index (χ3v) is 6.62. The molecule has 6 rings (SSSR count). The van der Waals surface area contributed by atoms with Gasteiger partial charge in [-0.2, -0.15) is 0 Å². The number of nitrogens with zero attached hydrogens (tertiary/aromatic N) is 6. The molecule has 9 nitrogen and oxygen atoms in total. The zero-order chi connectivity index (χ0) is 25.6. The lowest BCUT2D eigenvalue weighted by Crippen LogP contribution is -2.38. The number of anilines is 1. The van der Waals surface area contributed by atoms with Gasteiger partial charge in [-0.15, -0.1) is 0 Å². The second-order valence-electron chi connectivity index (χ2n) is 9.35. The number of amides is 1. The molecule has 1 atom stereocenters. The fraction of sp³-hybridized carbons (Fsp3) is 0.308. The first-order valence-electron chi connectivity index (χ1n) is 11.9. The monoisotopic (exact) mass is 503 g/mol. The van der Waals surface area contributed by atoms with Gasteiger partial charge < -0.3 is 15.0 Å². The fourth-order valence-corrected chi connectivity index (χ4v) is 4.44. The summed E-state index contributed by atoms with van der Waals surface area (Å²) in [5.74, 6) is -0.509. The summed E-state index contributed by atoms with van der Waals surface area (Å²) in [6.45, 7) is 3.20. The lowest BCUT2D eigenvalue weighted by Gasteiger charge is -2.32. The number of aromatic nitrogens is 5. The molecule has 0 spiro atoms. The zero-order valence-electron chi connectivity index (χ0n) is 20.0. The molecule has 1 fully saturated rings. The van der Waals surface area contributed by atoms with Gasteiger partial charge in [-0.05, 0) is 31.5 Å². The molecule has 37 heavy (non-hydrogen) atoms. The maximum absolute atomic E-state index is 15.2. The summed E-state index contributed by atoms with van der Waals surface area (Å²) in [5, 5.41) is 2.79. The molecule has 2 aliphatic heterocycles. The molecule has 1 saturated heterocycles. The van der Waals surface area contributed by atoms with E-state index in [1.807, 2.05) is 4.90 Å². The molecular weight excluding hydrogens is 480 g/mol. The maximum atomic E-state index is 15.2. The van der Waals surface area contributed by atoms with Gasteiger partial charge in [0.1, 0.15) is 5.52 Å². The van der Waals surface area contributed by atoms with E-state index < -0.39 is 17.4 Å². The molecule has 188 valence electrons. The highest BCUT2D eigenvalue weighted by Gasteiger charge is 2.34. The number of alkyl halides is 1. The summed E-state index contributed by atoms with van der Waals surface area (Å²) in [7, 11) is 0. The second-order valence-corrected chi connectivity index (χ2v) is 9.35. The molecule has 0 unspecified atom stereocenters. The Morgan fingerprint density at radius 2 is 2.00 bits per heavy atom. The predicted octanol–water partition coefficient (Wildman–Crippen LogP) is 3.48. The van der Waals surface area contributed by atoms with Crippen LogP contribution in [-0.2, 0) is 23.6 Å². The van der Waals surface area contributed by atoms with Crippen molar-refractivity contribution in [3.63, 3.8) is 0 Å². The number of carbonyl (C=O) groups is 1. The Hall–Kier alpha value is -4.12. The van der Waals surface area contributed by atoms with Crippen LogP contribution >= 0.6 is 0 Å². The number of nitrogens with one attached hydrogen (secondary N) is 1. The number of hydrogen-bond donors (Lipinski definition) is 1. The predicted molar refractivity (Wildman–Crippen MR) is 131 cm³/mol. The Bertz CT molecular complexity index is 1520. The van der Waals surface area contributed by atoms with Crippen LogP contribution in [0.4, 0.5) is 14.6 Å². The van der Waals surface area contributed by atoms with Gasteiger partial charge in [0.2, 0.25) is 0 Å². The van der Waals surface area contributed by atoms with Crippen LogP contribution in [0, 0.1) is 5.82 Å². The normalized spacial score (nSPS) is 18.8. The third kappa shape index (κ3) is 4.35. The first-order chi connectivity index (χ1) is 17.9. The first-order valence-corrected chi connectivity index (χ1v) is 11.9. The fourth-order valence-electron chi connectivity index (χ4n) is 4.44.